The number of aromatic hydroxyl groups is 1. The van der Waals surface area contributed by atoms with Crippen molar-refractivity contribution in [1.29, 1.82) is 0 Å². The molecule has 0 fully saturated rings. The summed E-state index contributed by atoms with van der Waals surface area (Å²) in [7, 11) is 0. The first-order valence-electron chi connectivity index (χ1n) is 8.85. The zero-order chi connectivity index (χ0) is 18.8. The van der Waals surface area contributed by atoms with Gasteiger partial charge < -0.3 is 0 Å². The van der Waals surface area contributed by atoms with Gasteiger partial charge in [-0.15, -0.1) is 0 Å². The molecule has 0 atom stereocenters. The maximum atomic E-state index is 11.0. The van der Waals surface area contributed by atoms with Crippen molar-refractivity contribution in [3.8, 4) is 5.75 Å². The number of hydrogen-bond donors (Lipinski definition) is 1. The number of benzene rings is 4. The van der Waals surface area contributed by atoms with Crippen LogP contribution in [-0.2, 0) is 0 Å². The Balaban J connectivity index is 2.26. The van der Waals surface area contributed by atoms with Crippen molar-refractivity contribution in [3.05, 3.63) is 115 Å². The van der Waals surface area contributed by atoms with Gasteiger partial charge >= 0.3 is 168 Å². The van der Waals surface area contributed by atoms with Gasteiger partial charge in [-0.05, 0) is 0 Å². The van der Waals surface area contributed by atoms with Gasteiger partial charge in [0.15, 0.2) is 0 Å². The molecule has 4 aromatic rings. The SMILES string of the molecule is Oc1ccccc1P(Br)(c1ccccc1)(c1ccccc1)c1ccccc1. The van der Waals surface area contributed by atoms with E-state index in [0.29, 0.717) is 5.75 Å². The number of halogens is 1. The van der Waals surface area contributed by atoms with E-state index in [1.165, 1.54) is 0 Å². The second-order valence-electron chi connectivity index (χ2n) is 6.50. The monoisotopic (exact) mass is 434 g/mol. The van der Waals surface area contributed by atoms with Crippen LogP contribution in [0.1, 0.15) is 0 Å². The molecule has 0 saturated carbocycles. The quantitative estimate of drug-likeness (QED) is 0.454. The first-order valence-corrected chi connectivity index (χ1v) is 13.1. The average molecular weight is 435 g/mol. The van der Waals surface area contributed by atoms with Crippen LogP contribution in [0.4, 0.5) is 0 Å². The molecule has 1 N–H and O–H groups in total. The van der Waals surface area contributed by atoms with Gasteiger partial charge in [-0.3, -0.25) is 0 Å². The van der Waals surface area contributed by atoms with E-state index in [4.69, 9.17) is 0 Å². The molecule has 4 aromatic carbocycles. The Morgan fingerprint density at radius 2 is 0.815 bits per heavy atom. The van der Waals surface area contributed by atoms with E-state index >= 15 is 0 Å². The summed E-state index contributed by atoms with van der Waals surface area (Å²) in [4.78, 5) is 0. The summed E-state index contributed by atoms with van der Waals surface area (Å²) in [5, 5.41) is 12.1. The zero-order valence-electron chi connectivity index (χ0n) is 14.7. The Morgan fingerprint density at radius 1 is 0.481 bits per heavy atom. The predicted octanol–water partition coefficient (Wildman–Crippen LogP) is 4.86. The molecule has 27 heavy (non-hydrogen) atoms. The van der Waals surface area contributed by atoms with E-state index in [0.717, 1.165) is 21.2 Å². The number of rotatable bonds is 4. The third-order valence-corrected chi connectivity index (χ3v) is 15.0. The molecular formula is C24H20BrOP. The van der Waals surface area contributed by atoms with Crippen LogP contribution in [0, 0.1) is 0 Å². The Kier molecular flexibility index (Phi) is 4.63. The van der Waals surface area contributed by atoms with Crippen LogP contribution < -0.4 is 21.2 Å². The average Bonchev–Trinajstić information content (AvgIpc) is 2.75. The Hall–Kier alpha value is -2.41. The van der Waals surface area contributed by atoms with Crippen LogP contribution in [0.3, 0.4) is 0 Å². The first kappa shape index (κ1) is 18.0. The minimum atomic E-state index is -3.30. The van der Waals surface area contributed by atoms with Crippen molar-refractivity contribution < 1.29 is 5.11 Å². The van der Waals surface area contributed by atoms with E-state index in [2.05, 4.69) is 88.3 Å². The van der Waals surface area contributed by atoms with E-state index in [9.17, 15) is 5.11 Å². The number of hydrogen-bond acceptors (Lipinski definition) is 1. The summed E-state index contributed by atoms with van der Waals surface area (Å²) < 4.78 is 0. The molecular weight excluding hydrogens is 415 g/mol. The van der Waals surface area contributed by atoms with Crippen molar-refractivity contribution in [2.24, 2.45) is 0 Å². The van der Waals surface area contributed by atoms with Gasteiger partial charge in [0, 0.05) is 0 Å². The zero-order valence-corrected chi connectivity index (χ0v) is 17.2. The molecule has 3 heteroatoms. The van der Waals surface area contributed by atoms with E-state index in [1.54, 1.807) is 6.07 Å². The summed E-state index contributed by atoms with van der Waals surface area (Å²) in [6.07, 6.45) is 0. The normalized spacial score (nSPS) is 12.9. The summed E-state index contributed by atoms with van der Waals surface area (Å²) in [5.74, 6) is 0.295. The van der Waals surface area contributed by atoms with Crippen LogP contribution in [0.25, 0.3) is 0 Å². The van der Waals surface area contributed by atoms with Crippen LogP contribution in [0.5, 0.6) is 5.75 Å². The molecule has 0 unspecified atom stereocenters. The third kappa shape index (κ3) is 2.64. The van der Waals surface area contributed by atoms with Gasteiger partial charge in [0.05, 0.1) is 0 Å². The van der Waals surface area contributed by atoms with Gasteiger partial charge in [-0.25, -0.2) is 0 Å². The Morgan fingerprint density at radius 3 is 1.19 bits per heavy atom. The van der Waals surface area contributed by atoms with Crippen molar-refractivity contribution in [2.45, 2.75) is 0 Å². The van der Waals surface area contributed by atoms with Gasteiger partial charge in [0.25, 0.3) is 0 Å². The topological polar surface area (TPSA) is 20.2 Å². The van der Waals surface area contributed by atoms with Crippen LogP contribution >= 0.6 is 20.8 Å². The minimum absolute atomic E-state index is 0.295. The number of para-hydroxylation sites is 1. The van der Waals surface area contributed by atoms with Crippen molar-refractivity contribution in [1.82, 2.24) is 0 Å². The van der Waals surface area contributed by atoms with E-state index < -0.39 is 5.31 Å². The number of phenolic OH excluding ortho intramolecular Hbond substituents is 1. The molecule has 1 nitrogen and oxygen atoms in total. The fraction of sp³-hybridized carbons (Fsp3) is 0. The molecule has 0 spiro atoms. The molecule has 0 amide bonds. The van der Waals surface area contributed by atoms with Gasteiger partial charge in [-0.1, -0.05) is 0 Å². The first-order chi connectivity index (χ1) is 13.2. The van der Waals surface area contributed by atoms with E-state index in [1.807, 2.05) is 36.4 Å². The molecule has 0 radical (unpaired) electrons. The molecule has 0 aliphatic heterocycles. The molecule has 0 heterocycles. The van der Waals surface area contributed by atoms with Crippen LogP contribution in [-0.4, -0.2) is 5.11 Å². The van der Waals surface area contributed by atoms with E-state index in [-0.39, 0.29) is 0 Å². The summed E-state index contributed by atoms with van der Waals surface area (Å²) in [6, 6.07) is 39.0. The molecule has 0 aliphatic carbocycles. The van der Waals surface area contributed by atoms with Gasteiger partial charge in [-0.2, -0.15) is 0 Å². The molecule has 0 bridgehead atoms. The van der Waals surface area contributed by atoms with Crippen molar-refractivity contribution in [2.75, 3.05) is 0 Å². The van der Waals surface area contributed by atoms with Crippen molar-refractivity contribution in [3.63, 3.8) is 0 Å². The fourth-order valence-corrected chi connectivity index (χ4v) is 11.6. The number of phenols is 1. The van der Waals surface area contributed by atoms with Crippen LogP contribution in [0.2, 0.25) is 0 Å². The van der Waals surface area contributed by atoms with Gasteiger partial charge in [0.1, 0.15) is 0 Å². The van der Waals surface area contributed by atoms with Crippen molar-refractivity contribution >= 4 is 42.0 Å². The van der Waals surface area contributed by atoms with Crippen LogP contribution in [0.15, 0.2) is 115 Å². The summed E-state index contributed by atoms with van der Waals surface area (Å²) >= 11 is 4.35. The molecule has 0 aromatic heterocycles. The molecule has 0 aliphatic rings. The second kappa shape index (κ2) is 6.96. The Labute approximate surface area is 168 Å². The third-order valence-electron chi connectivity index (χ3n) is 5.06. The molecule has 4 rings (SSSR count). The standard InChI is InChI=1S/C24H20BrOP/c25-27(20-12-4-1-5-13-20,21-14-6-2-7-15-21,22-16-8-3-9-17-22)24-19-11-10-18-23(24)26/h1-19,26H. The maximum absolute atomic E-state index is 11.0. The summed E-state index contributed by atoms with van der Waals surface area (Å²) in [5.41, 5.74) is 0. The fourth-order valence-electron chi connectivity index (χ4n) is 3.81. The Bertz CT molecular complexity index is 950. The predicted molar refractivity (Wildman–Crippen MR) is 122 cm³/mol. The summed E-state index contributed by atoms with van der Waals surface area (Å²) in [6.45, 7) is 0. The molecule has 134 valence electrons. The second-order valence-corrected chi connectivity index (χ2v) is 14.8. The molecule has 0 saturated heterocycles. The van der Waals surface area contributed by atoms with Gasteiger partial charge in [0.2, 0.25) is 0 Å².